The maximum Gasteiger partial charge on any atom is 0.223 e. The van der Waals surface area contributed by atoms with Gasteiger partial charge in [0.05, 0.1) is 18.6 Å². The molecule has 0 saturated carbocycles. The highest BCUT2D eigenvalue weighted by atomic mass is 16.5. The molecule has 0 aromatic heterocycles. The van der Waals surface area contributed by atoms with Gasteiger partial charge in [-0.05, 0) is 32.4 Å². The lowest BCUT2D eigenvalue weighted by molar-refractivity contribution is -0.122. The number of hydrogen-bond donors (Lipinski definition) is 2. The lowest BCUT2D eigenvalue weighted by Crippen LogP contribution is -2.38. The van der Waals surface area contributed by atoms with Gasteiger partial charge in [-0.2, -0.15) is 0 Å². The van der Waals surface area contributed by atoms with Crippen molar-refractivity contribution in [1.82, 2.24) is 5.32 Å². The molecule has 4 heteroatoms. The van der Waals surface area contributed by atoms with Gasteiger partial charge in [-0.15, -0.1) is 0 Å². The summed E-state index contributed by atoms with van der Waals surface area (Å²) in [4.78, 5) is 11.5. The number of carbonyl (C=O) groups is 1. The summed E-state index contributed by atoms with van der Waals surface area (Å²) in [7, 11) is 0. The van der Waals surface area contributed by atoms with E-state index in [1.807, 2.05) is 31.2 Å². The molecule has 0 aliphatic rings. The van der Waals surface area contributed by atoms with Gasteiger partial charge in [0.1, 0.15) is 5.75 Å². The fourth-order valence-corrected chi connectivity index (χ4v) is 1.38. The van der Waals surface area contributed by atoms with Gasteiger partial charge in [0.15, 0.2) is 0 Å². The molecule has 0 aliphatic carbocycles. The van der Waals surface area contributed by atoms with E-state index in [1.54, 1.807) is 13.8 Å². The molecule has 0 spiro atoms. The number of rotatable bonds is 6. The summed E-state index contributed by atoms with van der Waals surface area (Å²) >= 11 is 0. The van der Waals surface area contributed by atoms with Crippen LogP contribution in [-0.4, -0.2) is 29.8 Å². The van der Waals surface area contributed by atoms with Crippen molar-refractivity contribution in [2.75, 3.05) is 13.2 Å². The molecule has 1 amide bonds. The Kier molecular flexibility index (Phi) is 5.16. The Morgan fingerprint density at radius 2 is 2.06 bits per heavy atom. The second-order valence-electron chi connectivity index (χ2n) is 4.95. The quantitative estimate of drug-likeness (QED) is 0.808. The topological polar surface area (TPSA) is 58.6 Å². The minimum Gasteiger partial charge on any atom is -0.493 e. The van der Waals surface area contributed by atoms with Crippen LogP contribution in [0.15, 0.2) is 24.3 Å². The summed E-state index contributed by atoms with van der Waals surface area (Å²) in [5.74, 6) is 0.679. The largest absolute Gasteiger partial charge is 0.493 e. The molecule has 100 valence electrons. The first-order valence-corrected chi connectivity index (χ1v) is 6.06. The van der Waals surface area contributed by atoms with Crippen molar-refractivity contribution in [3.05, 3.63) is 29.8 Å². The Balaban J connectivity index is 2.26. The summed E-state index contributed by atoms with van der Waals surface area (Å²) in [5, 5.41) is 12.1. The van der Waals surface area contributed by atoms with E-state index in [0.29, 0.717) is 6.61 Å². The second-order valence-corrected chi connectivity index (χ2v) is 4.95. The van der Waals surface area contributed by atoms with Gasteiger partial charge in [-0.3, -0.25) is 4.79 Å². The summed E-state index contributed by atoms with van der Waals surface area (Å²) < 4.78 is 5.52. The molecule has 1 aromatic rings. The zero-order chi connectivity index (χ0) is 13.6. The smallest absolute Gasteiger partial charge is 0.223 e. The molecule has 0 bridgehead atoms. The summed E-state index contributed by atoms with van der Waals surface area (Å²) in [6.45, 7) is 5.84. The first-order chi connectivity index (χ1) is 8.38. The van der Waals surface area contributed by atoms with Gasteiger partial charge in [-0.1, -0.05) is 18.2 Å². The van der Waals surface area contributed by atoms with E-state index in [0.717, 1.165) is 11.3 Å². The zero-order valence-corrected chi connectivity index (χ0v) is 11.2. The third kappa shape index (κ3) is 5.68. The highest BCUT2D eigenvalue weighted by Gasteiger charge is 2.13. The van der Waals surface area contributed by atoms with Crippen molar-refractivity contribution >= 4 is 5.91 Å². The van der Waals surface area contributed by atoms with Crippen LogP contribution < -0.4 is 10.1 Å². The maximum absolute atomic E-state index is 11.5. The predicted molar refractivity (Wildman–Crippen MR) is 70.6 cm³/mol. The molecule has 0 aliphatic heterocycles. The molecule has 1 aromatic carbocycles. The van der Waals surface area contributed by atoms with Crippen molar-refractivity contribution < 1.29 is 14.6 Å². The standard InChI is InChI=1S/C14H21NO3/c1-11-6-4-5-7-12(11)18-9-8-13(16)15-10-14(2,3)17/h4-7,17H,8-10H2,1-3H3,(H,15,16). The Bertz CT molecular complexity index is 396. The van der Waals surface area contributed by atoms with E-state index in [2.05, 4.69) is 5.32 Å². The number of hydrogen-bond acceptors (Lipinski definition) is 3. The van der Waals surface area contributed by atoms with Crippen LogP contribution in [0.25, 0.3) is 0 Å². The number of nitrogens with one attached hydrogen (secondary N) is 1. The number of carbonyl (C=O) groups excluding carboxylic acids is 1. The van der Waals surface area contributed by atoms with E-state index in [9.17, 15) is 9.90 Å². The van der Waals surface area contributed by atoms with Crippen LogP contribution in [0.3, 0.4) is 0 Å². The van der Waals surface area contributed by atoms with Crippen LogP contribution in [-0.2, 0) is 4.79 Å². The van der Waals surface area contributed by atoms with Crippen LogP contribution in [0.5, 0.6) is 5.75 Å². The Morgan fingerprint density at radius 3 is 2.67 bits per heavy atom. The highest BCUT2D eigenvalue weighted by molar-refractivity contribution is 5.76. The number of aryl methyl sites for hydroxylation is 1. The summed E-state index contributed by atoms with van der Waals surface area (Å²) in [6, 6.07) is 7.68. The minimum atomic E-state index is -0.882. The monoisotopic (exact) mass is 251 g/mol. The van der Waals surface area contributed by atoms with Gasteiger partial charge in [0, 0.05) is 6.54 Å². The molecular formula is C14H21NO3. The van der Waals surface area contributed by atoms with E-state index >= 15 is 0 Å². The average Bonchev–Trinajstić information content (AvgIpc) is 2.28. The van der Waals surface area contributed by atoms with Gasteiger partial charge in [-0.25, -0.2) is 0 Å². The SMILES string of the molecule is Cc1ccccc1OCCC(=O)NCC(C)(C)O. The van der Waals surface area contributed by atoms with Gasteiger partial charge in [0.25, 0.3) is 0 Å². The Labute approximate surface area is 108 Å². The molecular weight excluding hydrogens is 230 g/mol. The van der Waals surface area contributed by atoms with Gasteiger partial charge in [0.2, 0.25) is 5.91 Å². The van der Waals surface area contributed by atoms with Crippen LogP contribution in [0.4, 0.5) is 0 Å². The molecule has 0 radical (unpaired) electrons. The predicted octanol–water partition coefficient (Wildman–Crippen LogP) is 1.65. The van der Waals surface area contributed by atoms with Crippen LogP contribution in [0.1, 0.15) is 25.8 Å². The molecule has 0 unspecified atom stereocenters. The number of amides is 1. The lowest BCUT2D eigenvalue weighted by Gasteiger charge is -2.17. The van der Waals surface area contributed by atoms with Crippen molar-refractivity contribution in [3.8, 4) is 5.75 Å². The van der Waals surface area contributed by atoms with Crippen molar-refractivity contribution in [1.29, 1.82) is 0 Å². The molecule has 0 heterocycles. The molecule has 0 fully saturated rings. The Morgan fingerprint density at radius 1 is 1.39 bits per heavy atom. The minimum absolute atomic E-state index is 0.120. The van der Waals surface area contributed by atoms with E-state index < -0.39 is 5.60 Å². The number of aliphatic hydroxyl groups is 1. The third-order valence-corrected chi connectivity index (χ3v) is 2.40. The average molecular weight is 251 g/mol. The fourth-order valence-electron chi connectivity index (χ4n) is 1.38. The van der Waals surface area contributed by atoms with Crippen molar-refractivity contribution in [2.45, 2.75) is 32.8 Å². The first-order valence-electron chi connectivity index (χ1n) is 6.06. The molecule has 2 N–H and O–H groups in total. The van der Waals surface area contributed by atoms with E-state index in [1.165, 1.54) is 0 Å². The number of ether oxygens (including phenoxy) is 1. The lowest BCUT2D eigenvalue weighted by atomic mass is 10.1. The first kappa shape index (κ1) is 14.5. The van der Waals surface area contributed by atoms with Crippen molar-refractivity contribution in [3.63, 3.8) is 0 Å². The summed E-state index contributed by atoms with van der Waals surface area (Å²) in [6.07, 6.45) is 0.282. The number of benzene rings is 1. The summed E-state index contributed by atoms with van der Waals surface area (Å²) in [5.41, 5.74) is 0.168. The Hall–Kier alpha value is -1.55. The highest BCUT2D eigenvalue weighted by Crippen LogP contribution is 2.16. The zero-order valence-electron chi connectivity index (χ0n) is 11.2. The van der Waals surface area contributed by atoms with E-state index in [-0.39, 0.29) is 18.9 Å². The van der Waals surface area contributed by atoms with E-state index in [4.69, 9.17) is 4.74 Å². The molecule has 0 saturated heterocycles. The normalized spacial score (nSPS) is 11.1. The second kappa shape index (κ2) is 6.40. The van der Waals surface area contributed by atoms with Crippen LogP contribution >= 0.6 is 0 Å². The van der Waals surface area contributed by atoms with Gasteiger partial charge >= 0.3 is 0 Å². The molecule has 18 heavy (non-hydrogen) atoms. The number of para-hydroxylation sites is 1. The van der Waals surface area contributed by atoms with Crippen molar-refractivity contribution in [2.24, 2.45) is 0 Å². The van der Waals surface area contributed by atoms with Gasteiger partial charge < -0.3 is 15.2 Å². The maximum atomic E-state index is 11.5. The van der Waals surface area contributed by atoms with Crippen LogP contribution in [0, 0.1) is 6.92 Å². The van der Waals surface area contributed by atoms with Crippen LogP contribution in [0.2, 0.25) is 0 Å². The third-order valence-electron chi connectivity index (χ3n) is 2.40. The molecule has 0 atom stereocenters. The molecule has 4 nitrogen and oxygen atoms in total. The fraction of sp³-hybridized carbons (Fsp3) is 0.500. The molecule has 1 rings (SSSR count).